The molecular weight excluding hydrogens is 505 g/mol. The zero-order valence-electron chi connectivity index (χ0n) is 20.6. The number of urea groups is 1. The molecule has 1 aromatic heterocycles. The zero-order chi connectivity index (χ0) is 27.6. The summed E-state index contributed by atoms with van der Waals surface area (Å²) in [6.45, 7) is 1.46. The molecule has 1 aliphatic heterocycles. The Morgan fingerprint density at radius 2 is 1.66 bits per heavy atom. The zero-order valence-corrected chi connectivity index (χ0v) is 20.6. The number of hydrogen-bond acceptors (Lipinski definition) is 6. The summed E-state index contributed by atoms with van der Waals surface area (Å²) < 4.78 is 46.4. The predicted octanol–water partition coefficient (Wildman–Crippen LogP) is 4.62. The SMILES string of the molecule is COc1ccc(N(C)C(=O)c2cnccc2CN2C(=O)N(c3ccc(OC(F)(F)F)cc3)C(=O)C2C)cc1. The first-order valence-corrected chi connectivity index (χ1v) is 11.4. The lowest BCUT2D eigenvalue weighted by Gasteiger charge is -2.23. The summed E-state index contributed by atoms with van der Waals surface area (Å²) in [6.07, 6.45) is -2.00. The molecule has 1 atom stereocenters. The lowest BCUT2D eigenvalue weighted by molar-refractivity contribution is -0.274. The minimum Gasteiger partial charge on any atom is -0.497 e. The summed E-state index contributed by atoms with van der Waals surface area (Å²) in [5.74, 6) is -0.779. The number of methoxy groups -OCH3 is 1. The van der Waals surface area contributed by atoms with E-state index in [1.54, 1.807) is 37.4 Å². The first-order valence-electron chi connectivity index (χ1n) is 11.4. The number of halogens is 3. The van der Waals surface area contributed by atoms with Crippen LogP contribution in [0.5, 0.6) is 11.5 Å². The van der Waals surface area contributed by atoms with E-state index in [9.17, 15) is 27.6 Å². The number of alkyl halides is 3. The second kappa shape index (κ2) is 10.4. The summed E-state index contributed by atoms with van der Waals surface area (Å²) in [7, 11) is 3.14. The fourth-order valence-corrected chi connectivity index (χ4v) is 3.99. The van der Waals surface area contributed by atoms with E-state index in [1.165, 1.54) is 48.4 Å². The molecule has 198 valence electrons. The van der Waals surface area contributed by atoms with Gasteiger partial charge in [-0.25, -0.2) is 9.69 Å². The molecule has 4 rings (SSSR count). The Bertz CT molecular complexity index is 1350. The Balaban J connectivity index is 1.55. The van der Waals surface area contributed by atoms with E-state index in [1.807, 2.05) is 0 Å². The number of pyridine rings is 1. The molecule has 2 aromatic carbocycles. The van der Waals surface area contributed by atoms with E-state index in [-0.39, 0.29) is 23.7 Å². The number of carbonyl (C=O) groups is 3. The summed E-state index contributed by atoms with van der Waals surface area (Å²) >= 11 is 0. The first-order chi connectivity index (χ1) is 18.0. The molecule has 4 amide bonds. The van der Waals surface area contributed by atoms with Crippen molar-refractivity contribution < 1.29 is 37.0 Å². The molecule has 1 unspecified atom stereocenters. The molecule has 2 heterocycles. The maximum absolute atomic E-state index is 13.3. The van der Waals surface area contributed by atoms with Crippen LogP contribution in [0.4, 0.5) is 29.3 Å². The number of imide groups is 1. The van der Waals surface area contributed by atoms with Gasteiger partial charge in [-0.05, 0) is 67.1 Å². The van der Waals surface area contributed by atoms with Crippen LogP contribution in [0.25, 0.3) is 0 Å². The number of carbonyl (C=O) groups excluding carboxylic acids is 3. The lowest BCUT2D eigenvalue weighted by atomic mass is 10.1. The maximum Gasteiger partial charge on any atom is 0.573 e. The van der Waals surface area contributed by atoms with Gasteiger partial charge in [-0.3, -0.25) is 14.6 Å². The van der Waals surface area contributed by atoms with Crippen molar-refractivity contribution in [2.24, 2.45) is 0 Å². The number of anilines is 2. The molecule has 0 saturated carbocycles. The Morgan fingerprint density at radius 1 is 1.03 bits per heavy atom. The first kappa shape index (κ1) is 26.5. The van der Waals surface area contributed by atoms with Gasteiger partial charge < -0.3 is 19.3 Å². The predicted molar refractivity (Wildman–Crippen MR) is 131 cm³/mol. The number of aromatic nitrogens is 1. The standard InChI is InChI=1S/C26H23F3N4O5/c1-16-23(34)33(19-6-10-21(11-7-19)38-26(27,28)29)25(36)32(16)15-17-12-13-30-14-22(17)24(35)31(2)18-4-8-20(37-3)9-5-18/h4-14,16H,15H2,1-3H3. The highest BCUT2D eigenvalue weighted by molar-refractivity contribution is 6.21. The molecule has 0 N–H and O–H groups in total. The molecule has 1 aliphatic rings. The maximum atomic E-state index is 13.3. The average Bonchev–Trinajstić information content (AvgIpc) is 3.10. The van der Waals surface area contributed by atoms with Crippen LogP contribution in [0.3, 0.4) is 0 Å². The molecule has 0 aliphatic carbocycles. The fraction of sp³-hybridized carbons (Fsp3) is 0.231. The van der Waals surface area contributed by atoms with Crippen LogP contribution >= 0.6 is 0 Å². The van der Waals surface area contributed by atoms with E-state index in [0.717, 1.165) is 17.0 Å². The van der Waals surface area contributed by atoms with Gasteiger partial charge in [0.05, 0.1) is 18.4 Å². The molecule has 1 saturated heterocycles. The summed E-state index contributed by atoms with van der Waals surface area (Å²) in [5, 5.41) is 0. The van der Waals surface area contributed by atoms with Crippen molar-refractivity contribution in [3.05, 3.63) is 78.1 Å². The number of ether oxygens (including phenoxy) is 2. The normalized spacial score (nSPS) is 15.6. The number of rotatable bonds is 7. The smallest absolute Gasteiger partial charge is 0.497 e. The third-order valence-corrected chi connectivity index (χ3v) is 6.06. The van der Waals surface area contributed by atoms with Crippen molar-refractivity contribution in [3.63, 3.8) is 0 Å². The number of amides is 4. The topological polar surface area (TPSA) is 92.3 Å². The molecule has 9 nitrogen and oxygen atoms in total. The van der Waals surface area contributed by atoms with Crippen LogP contribution < -0.4 is 19.3 Å². The Labute approximate surface area is 216 Å². The highest BCUT2D eigenvalue weighted by Gasteiger charge is 2.43. The second-order valence-corrected chi connectivity index (χ2v) is 8.40. The minimum atomic E-state index is -4.87. The molecule has 0 spiro atoms. The summed E-state index contributed by atoms with van der Waals surface area (Å²) in [6, 6.07) is 11.3. The highest BCUT2D eigenvalue weighted by Crippen LogP contribution is 2.30. The van der Waals surface area contributed by atoms with E-state index >= 15 is 0 Å². The lowest BCUT2D eigenvalue weighted by Crippen LogP contribution is -2.35. The van der Waals surface area contributed by atoms with Gasteiger partial charge in [0.2, 0.25) is 0 Å². The Kier molecular flexibility index (Phi) is 7.24. The van der Waals surface area contributed by atoms with E-state index in [4.69, 9.17) is 4.74 Å². The van der Waals surface area contributed by atoms with Gasteiger partial charge in [0, 0.05) is 31.7 Å². The molecule has 0 radical (unpaired) electrons. The van der Waals surface area contributed by atoms with Crippen LogP contribution in [0.2, 0.25) is 0 Å². The molecular formula is C26H23F3N4O5. The van der Waals surface area contributed by atoms with Crippen molar-refractivity contribution in [1.82, 2.24) is 9.88 Å². The fourth-order valence-electron chi connectivity index (χ4n) is 3.99. The largest absolute Gasteiger partial charge is 0.573 e. The highest BCUT2D eigenvalue weighted by atomic mass is 19.4. The molecule has 1 fully saturated rings. The van der Waals surface area contributed by atoms with Crippen molar-refractivity contribution in [2.45, 2.75) is 25.9 Å². The summed E-state index contributed by atoms with van der Waals surface area (Å²) in [4.78, 5) is 47.2. The van der Waals surface area contributed by atoms with Crippen LogP contribution in [0, 0.1) is 0 Å². The molecule has 12 heteroatoms. The number of nitrogens with zero attached hydrogens (tertiary/aromatic N) is 4. The monoisotopic (exact) mass is 528 g/mol. The van der Waals surface area contributed by atoms with Gasteiger partial charge in [0.15, 0.2) is 0 Å². The van der Waals surface area contributed by atoms with Crippen molar-refractivity contribution >= 4 is 29.2 Å². The van der Waals surface area contributed by atoms with Gasteiger partial charge >= 0.3 is 12.4 Å². The van der Waals surface area contributed by atoms with Gasteiger partial charge in [0.1, 0.15) is 17.5 Å². The Morgan fingerprint density at radius 3 is 2.26 bits per heavy atom. The van der Waals surface area contributed by atoms with E-state index < -0.39 is 30.1 Å². The van der Waals surface area contributed by atoms with Crippen LogP contribution in [-0.4, -0.2) is 54.3 Å². The number of hydrogen-bond donors (Lipinski definition) is 0. The summed E-state index contributed by atoms with van der Waals surface area (Å²) in [5.41, 5.74) is 1.41. The average molecular weight is 528 g/mol. The van der Waals surface area contributed by atoms with Crippen LogP contribution in [0.15, 0.2) is 67.0 Å². The number of benzene rings is 2. The van der Waals surface area contributed by atoms with Gasteiger partial charge in [-0.2, -0.15) is 0 Å². The molecule has 0 bridgehead atoms. The van der Waals surface area contributed by atoms with E-state index in [2.05, 4.69) is 9.72 Å². The van der Waals surface area contributed by atoms with Crippen LogP contribution in [-0.2, 0) is 11.3 Å². The molecule has 3 aromatic rings. The van der Waals surface area contributed by atoms with Crippen molar-refractivity contribution in [1.29, 1.82) is 0 Å². The van der Waals surface area contributed by atoms with Gasteiger partial charge in [0.25, 0.3) is 11.8 Å². The second-order valence-electron chi connectivity index (χ2n) is 8.40. The van der Waals surface area contributed by atoms with Crippen LogP contribution in [0.1, 0.15) is 22.8 Å². The Hall–Kier alpha value is -4.61. The van der Waals surface area contributed by atoms with Gasteiger partial charge in [-0.15, -0.1) is 13.2 Å². The van der Waals surface area contributed by atoms with E-state index in [0.29, 0.717) is 17.0 Å². The third-order valence-electron chi connectivity index (χ3n) is 6.06. The third kappa shape index (κ3) is 5.38. The minimum absolute atomic E-state index is 0.0719. The quantitative estimate of drug-likeness (QED) is 0.416. The van der Waals surface area contributed by atoms with Crippen molar-refractivity contribution in [3.8, 4) is 11.5 Å². The van der Waals surface area contributed by atoms with Gasteiger partial charge in [-0.1, -0.05) is 0 Å². The van der Waals surface area contributed by atoms with Crippen molar-refractivity contribution in [2.75, 3.05) is 24.0 Å². The molecule has 38 heavy (non-hydrogen) atoms.